The van der Waals surface area contributed by atoms with Gasteiger partial charge in [-0.3, -0.25) is 9.78 Å². The molecule has 4 rings (SSSR count). The summed E-state index contributed by atoms with van der Waals surface area (Å²) in [5, 5.41) is 3.71. The molecule has 1 amide bonds. The molecule has 0 unspecified atom stereocenters. The van der Waals surface area contributed by atoms with Crippen LogP contribution in [0.2, 0.25) is 0 Å². The van der Waals surface area contributed by atoms with E-state index in [4.69, 9.17) is 4.42 Å². The van der Waals surface area contributed by atoms with Crippen LogP contribution in [0, 0.1) is 12.7 Å². The van der Waals surface area contributed by atoms with E-state index in [1.807, 2.05) is 31.2 Å². The Bertz CT molecular complexity index is 1100. The van der Waals surface area contributed by atoms with Gasteiger partial charge in [-0.25, -0.2) is 9.37 Å². The molecule has 2 heterocycles. The fourth-order valence-electron chi connectivity index (χ4n) is 2.81. The number of anilines is 1. The fraction of sp³-hybridized carbons (Fsp3) is 0.0500. The van der Waals surface area contributed by atoms with E-state index >= 15 is 0 Å². The topological polar surface area (TPSA) is 68.0 Å². The van der Waals surface area contributed by atoms with E-state index in [1.165, 1.54) is 18.5 Å². The average molecular weight is 347 g/mol. The number of carbonyl (C=O) groups excluding carboxylic acids is 1. The van der Waals surface area contributed by atoms with E-state index in [2.05, 4.69) is 15.3 Å². The molecule has 0 aliphatic heterocycles. The molecule has 128 valence electrons. The van der Waals surface area contributed by atoms with Crippen LogP contribution >= 0.6 is 0 Å². The van der Waals surface area contributed by atoms with Crippen molar-refractivity contribution in [3.8, 4) is 11.3 Å². The van der Waals surface area contributed by atoms with Crippen LogP contribution in [-0.2, 0) is 0 Å². The van der Waals surface area contributed by atoms with Crippen LogP contribution in [0.15, 0.2) is 65.4 Å². The highest BCUT2D eigenvalue weighted by molar-refractivity contribution is 6.10. The first-order chi connectivity index (χ1) is 12.6. The van der Waals surface area contributed by atoms with Gasteiger partial charge >= 0.3 is 0 Å². The molecule has 0 spiro atoms. The van der Waals surface area contributed by atoms with Gasteiger partial charge in [0.25, 0.3) is 5.91 Å². The molecule has 0 radical (unpaired) electrons. The summed E-state index contributed by atoms with van der Waals surface area (Å²) in [7, 11) is 0. The van der Waals surface area contributed by atoms with Gasteiger partial charge < -0.3 is 9.73 Å². The maximum Gasteiger partial charge on any atom is 0.278 e. The van der Waals surface area contributed by atoms with E-state index in [-0.39, 0.29) is 17.3 Å². The quantitative estimate of drug-likeness (QED) is 0.588. The molecule has 0 saturated heterocycles. The zero-order valence-corrected chi connectivity index (χ0v) is 13.9. The second-order valence-electron chi connectivity index (χ2n) is 5.82. The Hall–Kier alpha value is -3.54. The van der Waals surface area contributed by atoms with Crippen LogP contribution in [0.25, 0.3) is 22.2 Å². The Morgan fingerprint density at radius 3 is 2.69 bits per heavy atom. The Morgan fingerprint density at radius 2 is 1.88 bits per heavy atom. The summed E-state index contributed by atoms with van der Waals surface area (Å²) in [4.78, 5) is 21.2. The smallest absolute Gasteiger partial charge is 0.278 e. The van der Waals surface area contributed by atoms with Gasteiger partial charge in [-0.15, -0.1) is 0 Å². The van der Waals surface area contributed by atoms with Crippen molar-refractivity contribution in [2.45, 2.75) is 6.92 Å². The number of carbonyl (C=O) groups is 1. The van der Waals surface area contributed by atoms with Crippen molar-refractivity contribution in [2.24, 2.45) is 0 Å². The number of halogens is 1. The number of nitrogens with zero attached hydrogens (tertiary/aromatic N) is 2. The van der Waals surface area contributed by atoms with Gasteiger partial charge in [-0.2, -0.15) is 0 Å². The Labute approximate surface area is 148 Å². The highest BCUT2D eigenvalue weighted by Gasteiger charge is 2.19. The number of fused-ring (bicyclic) bond motifs is 1. The molecule has 2 aromatic heterocycles. The van der Waals surface area contributed by atoms with Crippen LogP contribution in [-0.4, -0.2) is 15.9 Å². The van der Waals surface area contributed by atoms with E-state index in [9.17, 15) is 9.18 Å². The molecule has 0 fully saturated rings. The standard InChI is InChI=1S/C20H14FN3O2/c1-12-10-17(15-4-2-3-5-16(15)23-12)24-20(25)18-19(26-11-22-18)13-6-8-14(21)9-7-13/h2-11H,1H3,(H,23,24,25). The van der Waals surface area contributed by atoms with Gasteiger partial charge in [0.15, 0.2) is 17.8 Å². The molecule has 26 heavy (non-hydrogen) atoms. The average Bonchev–Trinajstić information content (AvgIpc) is 3.12. The number of amides is 1. The van der Waals surface area contributed by atoms with Crippen molar-refractivity contribution in [1.82, 2.24) is 9.97 Å². The van der Waals surface area contributed by atoms with E-state index in [1.54, 1.807) is 18.2 Å². The molecule has 0 aliphatic rings. The maximum absolute atomic E-state index is 13.1. The van der Waals surface area contributed by atoms with Gasteiger partial charge in [0.2, 0.25) is 0 Å². The summed E-state index contributed by atoms with van der Waals surface area (Å²) in [6.07, 6.45) is 1.20. The summed E-state index contributed by atoms with van der Waals surface area (Å²) in [5.41, 5.74) is 2.94. The van der Waals surface area contributed by atoms with Crippen molar-refractivity contribution in [2.75, 3.05) is 5.32 Å². The van der Waals surface area contributed by atoms with E-state index in [0.29, 0.717) is 11.3 Å². The summed E-state index contributed by atoms with van der Waals surface area (Å²) in [5.74, 6) is -0.482. The maximum atomic E-state index is 13.1. The van der Waals surface area contributed by atoms with Gasteiger partial charge in [0.1, 0.15) is 5.82 Å². The van der Waals surface area contributed by atoms with Crippen molar-refractivity contribution in [3.63, 3.8) is 0 Å². The number of nitrogens with one attached hydrogen (secondary N) is 1. The summed E-state index contributed by atoms with van der Waals surface area (Å²) < 4.78 is 18.5. The third-order valence-corrected chi connectivity index (χ3v) is 3.98. The SMILES string of the molecule is Cc1cc(NC(=O)c2ncoc2-c2ccc(F)cc2)c2ccccc2n1. The van der Waals surface area contributed by atoms with Crippen molar-refractivity contribution in [3.05, 3.63) is 78.2 Å². The zero-order chi connectivity index (χ0) is 18.1. The molecule has 2 aromatic carbocycles. The van der Waals surface area contributed by atoms with Crippen LogP contribution in [0.1, 0.15) is 16.2 Å². The first kappa shape index (κ1) is 16.0. The highest BCUT2D eigenvalue weighted by Crippen LogP contribution is 2.26. The van der Waals surface area contributed by atoms with Crippen molar-refractivity contribution >= 4 is 22.5 Å². The Morgan fingerprint density at radius 1 is 1.12 bits per heavy atom. The van der Waals surface area contributed by atoms with Crippen LogP contribution in [0.3, 0.4) is 0 Å². The zero-order valence-electron chi connectivity index (χ0n) is 13.9. The van der Waals surface area contributed by atoms with Crippen molar-refractivity contribution < 1.29 is 13.6 Å². The molecule has 6 heteroatoms. The second kappa shape index (κ2) is 6.40. The molecule has 0 bridgehead atoms. The molecular weight excluding hydrogens is 333 g/mol. The van der Waals surface area contributed by atoms with Gasteiger partial charge in [0, 0.05) is 16.6 Å². The first-order valence-electron chi connectivity index (χ1n) is 7.99. The summed E-state index contributed by atoms with van der Waals surface area (Å²) in [6, 6.07) is 15.0. The summed E-state index contributed by atoms with van der Waals surface area (Å²) in [6.45, 7) is 1.86. The lowest BCUT2D eigenvalue weighted by molar-refractivity contribution is 0.102. The number of hydrogen-bond donors (Lipinski definition) is 1. The third-order valence-electron chi connectivity index (χ3n) is 3.98. The molecule has 0 saturated carbocycles. The number of rotatable bonds is 3. The van der Waals surface area contributed by atoms with E-state index < -0.39 is 5.91 Å². The predicted octanol–water partition coefficient (Wildman–Crippen LogP) is 4.59. The van der Waals surface area contributed by atoms with Crippen LogP contribution in [0.4, 0.5) is 10.1 Å². The Balaban J connectivity index is 1.71. The van der Waals surface area contributed by atoms with E-state index in [0.717, 1.165) is 16.6 Å². The lowest BCUT2D eigenvalue weighted by atomic mass is 10.1. The number of hydrogen-bond acceptors (Lipinski definition) is 4. The molecule has 1 N–H and O–H groups in total. The van der Waals surface area contributed by atoms with Crippen LogP contribution in [0.5, 0.6) is 0 Å². The van der Waals surface area contributed by atoms with Crippen molar-refractivity contribution in [1.29, 1.82) is 0 Å². The normalized spacial score (nSPS) is 10.8. The minimum absolute atomic E-state index is 0.134. The fourth-order valence-corrected chi connectivity index (χ4v) is 2.81. The number of pyridine rings is 1. The molecule has 4 aromatic rings. The number of aryl methyl sites for hydroxylation is 1. The number of aromatic nitrogens is 2. The second-order valence-corrected chi connectivity index (χ2v) is 5.82. The lowest BCUT2D eigenvalue weighted by Gasteiger charge is -2.09. The van der Waals surface area contributed by atoms with Gasteiger partial charge in [-0.05, 0) is 43.3 Å². The first-order valence-corrected chi connectivity index (χ1v) is 7.99. The molecule has 0 aliphatic carbocycles. The lowest BCUT2D eigenvalue weighted by Crippen LogP contribution is -2.14. The monoisotopic (exact) mass is 347 g/mol. The van der Waals surface area contributed by atoms with Gasteiger partial charge in [0.05, 0.1) is 11.2 Å². The van der Waals surface area contributed by atoms with Crippen LogP contribution < -0.4 is 5.32 Å². The Kier molecular flexibility index (Phi) is 3.93. The predicted molar refractivity (Wildman–Crippen MR) is 96.3 cm³/mol. The molecule has 0 atom stereocenters. The summed E-state index contributed by atoms with van der Waals surface area (Å²) >= 11 is 0. The third kappa shape index (κ3) is 2.93. The minimum atomic E-state index is -0.408. The number of para-hydroxylation sites is 1. The number of oxazole rings is 1. The molecular formula is C20H14FN3O2. The largest absolute Gasteiger partial charge is 0.443 e. The minimum Gasteiger partial charge on any atom is -0.443 e. The highest BCUT2D eigenvalue weighted by atomic mass is 19.1. The molecule has 5 nitrogen and oxygen atoms in total. The van der Waals surface area contributed by atoms with Gasteiger partial charge in [-0.1, -0.05) is 18.2 Å². The number of benzene rings is 2.